The summed E-state index contributed by atoms with van der Waals surface area (Å²) in [5.41, 5.74) is 1.32. The average molecular weight is 406 g/mol. The number of hydrogen-bond acceptors (Lipinski definition) is 7. The number of carbonyl (C=O) groups excluding carboxylic acids is 1. The molecule has 0 aliphatic carbocycles. The van der Waals surface area contributed by atoms with Gasteiger partial charge in [-0.05, 0) is 24.3 Å². The van der Waals surface area contributed by atoms with E-state index in [1.807, 2.05) is 6.07 Å². The molecule has 0 saturated carbocycles. The quantitative estimate of drug-likeness (QED) is 0.502. The molecule has 152 valence electrons. The van der Waals surface area contributed by atoms with E-state index in [1.54, 1.807) is 24.3 Å². The summed E-state index contributed by atoms with van der Waals surface area (Å²) in [5.74, 6) is 0.136. The Bertz CT molecular complexity index is 1130. The van der Waals surface area contributed by atoms with Gasteiger partial charge in [0.05, 0.1) is 5.56 Å². The number of benzene rings is 3. The number of fused-ring (bicyclic) bond motifs is 6. The Kier molecular flexibility index (Phi) is 3.99. The second kappa shape index (κ2) is 6.48. The Morgan fingerprint density at radius 1 is 0.867 bits per heavy atom. The largest absolute Gasteiger partial charge is 0.508 e. The van der Waals surface area contributed by atoms with Crippen LogP contribution >= 0.6 is 0 Å². The summed E-state index contributed by atoms with van der Waals surface area (Å²) in [6.07, 6.45) is -0.749. The first-order valence-corrected chi connectivity index (χ1v) is 9.26. The lowest BCUT2D eigenvalue weighted by Gasteiger charge is -2.36. The van der Waals surface area contributed by atoms with Gasteiger partial charge in [0.2, 0.25) is 0 Å². The van der Waals surface area contributed by atoms with Crippen molar-refractivity contribution in [3.05, 3.63) is 82.4 Å². The second-order valence-corrected chi connectivity index (χ2v) is 7.11. The molecule has 7 nitrogen and oxygen atoms in total. The molecule has 0 aromatic heterocycles. The average Bonchev–Trinajstić information content (AvgIpc) is 3.02. The van der Waals surface area contributed by atoms with Gasteiger partial charge < -0.3 is 29.2 Å². The minimum absolute atomic E-state index is 0.00429. The molecule has 5 rings (SSSR count). The van der Waals surface area contributed by atoms with Gasteiger partial charge >= 0.3 is 5.97 Å². The number of aromatic hydroxyl groups is 2. The third-order valence-corrected chi connectivity index (χ3v) is 5.52. The van der Waals surface area contributed by atoms with E-state index < -0.39 is 17.9 Å². The standard InChI is InChI=1S/C23H18O7/c1-27-22(28-2)14-4-3-5-17-20(14)21(26)30-23(17)15-8-6-12(24)10-18(15)29-19-11-13(25)7-9-16(19)23/h3-11,22,24-25H,1-2H3. The summed E-state index contributed by atoms with van der Waals surface area (Å²) in [4.78, 5) is 13.2. The van der Waals surface area contributed by atoms with Crippen molar-refractivity contribution in [3.63, 3.8) is 0 Å². The first-order valence-electron chi connectivity index (χ1n) is 9.26. The van der Waals surface area contributed by atoms with Crippen molar-refractivity contribution >= 4 is 5.97 Å². The van der Waals surface area contributed by atoms with Gasteiger partial charge in [0.25, 0.3) is 0 Å². The molecular formula is C23H18O7. The zero-order valence-electron chi connectivity index (χ0n) is 16.2. The SMILES string of the molecule is COC(OC)c1cccc2c1C(=O)OC21c2ccc(O)cc2Oc2cc(O)ccc21. The lowest BCUT2D eigenvalue weighted by Crippen LogP contribution is -2.32. The van der Waals surface area contributed by atoms with Gasteiger partial charge in [-0.15, -0.1) is 0 Å². The van der Waals surface area contributed by atoms with E-state index in [9.17, 15) is 15.0 Å². The molecule has 2 N–H and O–H groups in total. The predicted molar refractivity (Wildman–Crippen MR) is 105 cm³/mol. The first-order chi connectivity index (χ1) is 14.5. The number of hydrogen-bond donors (Lipinski definition) is 2. The summed E-state index contributed by atoms with van der Waals surface area (Å²) in [6.45, 7) is 0. The minimum Gasteiger partial charge on any atom is -0.508 e. The van der Waals surface area contributed by atoms with E-state index in [-0.39, 0.29) is 11.5 Å². The fourth-order valence-corrected chi connectivity index (χ4v) is 4.32. The molecule has 7 heteroatoms. The Morgan fingerprint density at radius 2 is 1.47 bits per heavy atom. The smallest absolute Gasteiger partial charge is 0.340 e. The van der Waals surface area contributed by atoms with Crippen LogP contribution in [0.15, 0.2) is 54.6 Å². The summed E-state index contributed by atoms with van der Waals surface area (Å²) >= 11 is 0. The van der Waals surface area contributed by atoms with Crippen LogP contribution in [0, 0.1) is 0 Å². The molecule has 2 heterocycles. The third kappa shape index (κ3) is 2.36. The monoisotopic (exact) mass is 406 g/mol. The molecule has 0 bridgehead atoms. The number of rotatable bonds is 3. The molecule has 2 aliphatic heterocycles. The number of methoxy groups -OCH3 is 2. The molecule has 3 aromatic carbocycles. The number of phenols is 2. The molecular weight excluding hydrogens is 388 g/mol. The van der Waals surface area contributed by atoms with Gasteiger partial charge in [-0.1, -0.05) is 18.2 Å². The highest BCUT2D eigenvalue weighted by atomic mass is 16.7. The van der Waals surface area contributed by atoms with Crippen LogP contribution in [0.3, 0.4) is 0 Å². The molecule has 30 heavy (non-hydrogen) atoms. The summed E-state index contributed by atoms with van der Waals surface area (Å²) < 4.78 is 22.8. The highest BCUT2D eigenvalue weighted by Gasteiger charge is 2.54. The van der Waals surface area contributed by atoms with Crippen LogP contribution in [-0.4, -0.2) is 30.4 Å². The number of ether oxygens (including phenoxy) is 4. The molecule has 0 unspecified atom stereocenters. The molecule has 1 spiro atoms. The van der Waals surface area contributed by atoms with Crippen LogP contribution in [0.5, 0.6) is 23.0 Å². The van der Waals surface area contributed by atoms with Crippen LogP contribution in [0.25, 0.3) is 0 Å². The topological polar surface area (TPSA) is 94.5 Å². The predicted octanol–water partition coefficient (Wildman–Crippen LogP) is 3.96. The fraction of sp³-hybridized carbons (Fsp3) is 0.174. The van der Waals surface area contributed by atoms with Gasteiger partial charge in [0.1, 0.15) is 23.0 Å². The summed E-state index contributed by atoms with van der Waals surface area (Å²) in [7, 11) is 2.99. The molecule has 2 aliphatic rings. The van der Waals surface area contributed by atoms with E-state index >= 15 is 0 Å². The van der Waals surface area contributed by atoms with Crippen molar-refractivity contribution in [2.75, 3.05) is 14.2 Å². The maximum Gasteiger partial charge on any atom is 0.340 e. The molecule has 0 fully saturated rings. The zero-order valence-corrected chi connectivity index (χ0v) is 16.2. The van der Waals surface area contributed by atoms with E-state index in [4.69, 9.17) is 18.9 Å². The number of carbonyl (C=O) groups is 1. The molecule has 3 aromatic rings. The maximum absolute atomic E-state index is 13.2. The maximum atomic E-state index is 13.2. The molecule has 0 atom stereocenters. The molecule has 0 amide bonds. The van der Waals surface area contributed by atoms with Crippen LogP contribution in [-0.2, 0) is 19.8 Å². The number of phenolic OH excluding ortho intramolecular Hbond substituents is 2. The van der Waals surface area contributed by atoms with Gasteiger partial charge in [-0.3, -0.25) is 0 Å². The van der Waals surface area contributed by atoms with Crippen molar-refractivity contribution < 1.29 is 34.0 Å². The summed E-state index contributed by atoms with van der Waals surface area (Å²) in [6, 6.07) is 14.6. The minimum atomic E-state index is -1.31. The highest BCUT2D eigenvalue weighted by molar-refractivity contribution is 5.98. The van der Waals surface area contributed by atoms with Crippen molar-refractivity contribution in [3.8, 4) is 23.0 Å². The lowest BCUT2D eigenvalue weighted by atomic mass is 9.77. The second-order valence-electron chi connectivity index (χ2n) is 7.11. The van der Waals surface area contributed by atoms with Crippen LogP contribution in [0.2, 0.25) is 0 Å². The van der Waals surface area contributed by atoms with E-state index in [0.29, 0.717) is 39.3 Å². The highest BCUT2D eigenvalue weighted by Crippen LogP contribution is 2.57. The Hall–Kier alpha value is -3.55. The Balaban J connectivity index is 1.86. The lowest BCUT2D eigenvalue weighted by molar-refractivity contribution is -0.106. The Morgan fingerprint density at radius 3 is 2.03 bits per heavy atom. The first kappa shape index (κ1) is 18.5. The normalized spacial score (nSPS) is 15.4. The van der Waals surface area contributed by atoms with Gasteiger partial charge in [0.15, 0.2) is 11.9 Å². The van der Waals surface area contributed by atoms with E-state index in [0.717, 1.165) is 0 Å². The van der Waals surface area contributed by atoms with Gasteiger partial charge in [0, 0.05) is 48.6 Å². The van der Waals surface area contributed by atoms with Crippen LogP contribution in [0.1, 0.15) is 38.9 Å². The van der Waals surface area contributed by atoms with E-state index in [1.165, 1.54) is 38.5 Å². The zero-order chi connectivity index (χ0) is 21.0. The fourth-order valence-electron chi connectivity index (χ4n) is 4.32. The third-order valence-electron chi connectivity index (χ3n) is 5.52. The van der Waals surface area contributed by atoms with Crippen molar-refractivity contribution in [1.82, 2.24) is 0 Å². The number of esters is 1. The van der Waals surface area contributed by atoms with Crippen molar-refractivity contribution in [2.24, 2.45) is 0 Å². The van der Waals surface area contributed by atoms with Crippen LogP contribution < -0.4 is 4.74 Å². The van der Waals surface area contributed by atoms with Crippen LogP contribution in [0.4, 0.5) is 0 Å². The van der Waals surface area contributed by atoms with Gasteiger partial charge in [-0.25, -0.2) is 4.79 Å². The van der Waals surface area contributed by atoms with Crippen molar-refractivity contribution in [2.45, 2.75) is 11.9 Å². The van der Waals surface area contributed by atoms with E-state index in [2.05, 4.69) is 0 Å². The Labute approximate surface area is 172 Å². The van der Waals surface area contributed by atoms with Crippen molar-refractivity contribution in [1.29, 1.82) is 0 Å². The summed E-state index contributed by atoms with van der Waals surface area (Å²) in [5, 5.41) is 20.0. The molecule has 0 saturated heterocycles. The molecule has 0 radical (unpaired) electrons. The van der Waals surface area contributed by atoms with Gasteiger partial charge in [-0.2, -0.15) is 0 Å².